The molecular formula is C16H18N4O3. The fraction of sp³-hybridized carbons (Fsp3) is 0.312. The van der Waals surface area contributed by atoms with Gasteiger partial charge in [0, 0.05) is 25.8 Å². The maximum Gasteiger partial charge on any atom is 0.263 e. The van der Waals surface area contributed by atoms with Crippen LogP contribution in [0.2, 0.25) is 0 Å². The zero-order valence-corrected chi connectivity index (χ0v) is 13.1. The second-order valence-corrected chi connectivity index (χ2v) is 4.91. The molecule has 1 aromatic carbocycles. The van der Waals surface area contributed by atoms with E-state index in [1.165, 1.54) is 6.33 Å². The van der Waals surface area contributed by atoms with E-state index in [0.717, 1.165) is 29.7 Å². The number of hydrogen-bond donors (Lipinski definition) is 1. The molecule has 2 aromatic heterocycles. The molecule has 7 heteroatoms. The lowest BCUT2D eigenvalue weighted by molar-refractivity contribution is 0.198. The number of hydrogen-bond acceptors (Lipinski definition) is 7. The molecule has 0 unspecified atom stereocenters. The van der Waals surface area contributed by atoms with Gasteiger partial charge in [-0.1, -0.05) is 17.3 Å². The van der Waals surface area contributed by atoms with Crippen LogP contribution in [0.15, 0.2) is 35.1 Å². The molecule has 120 valence electrons. The van der Waals surface area contributed by atoms with Gasteiger partial charge in [0.1, 0.15) is 29.0 Å². The molecule has 0 saturated carbocycles. The summed E-state index contributed by atoms with van der Waals surface area (Å²) in [4.78, 5) is 8.46. The number of aromatic nitrogens is 3. The highest BCUT2D eigenvalue weighted by Crippen LogP contribution is 2.36. The Morgan fingerprint density at radius 3 is 2.87 bits per heavy atom. The van der Waals surface area contributed by atoms with Crippen LogP contribution in [0, 0.1) is 0 Å². The molecule has 2 heterocycles. The van der Waals surface area contributed by atoms with Gasteiger partial charge in [0.25, 0.3) is 5.71 Å². The van der Waals surface area contributed by atoms with E-state index in [1.54, 1.807) is 14.2 Å². The Labute approximate surface area is 133 Å². The monoisotopic (exact) mass is 314 g/mol. The Hall–Kier alpha value is -2.67. The molecule has 3 rings (SSSR count). The number of benzene rings is 1. The number of rotatable bonds is 7. The first-order valence-corrected chi connectivity index (χ1v) is 7.31. The summed E-state index contributed by atoms with van der Waals surface area (Å²) in [6.45, 7) is 1.42. The smallest absolute Gasteiger partial charge is 0.263 e. The van der Waals surface area contributed by atoms with Crippen LogP contribution in [-0.4, -0.2) is 42.5 Å². The van der Waals surface area contributed by atoms with Gasteiger partial charge >= 0.3 is 0 Å². The van der Waals surface area contributed by atoms with Crippen molar-refractivity contribution < 1.29 is 14.0 Å². The van der Waals surface area contributed by atoms with Crippen LogP contribution in [0.5, 0.6) is 5.75 Å². The first kappa shape index (κ1) is 15.2. The summed E-state index contributed by atoms with van der Waals surface area (Å²) < 4.78 is 15.8. The van der Waals surface area contributed by atoms with Crippen molar-refractivity contribution in [2.24, 2.45) is 0 Å². The molecule has 0 fully saturated rings. The van der Waals surface area contributed by atoms with E-state index in [-0.39, 0.29) is 0 Å². The second kappa shape index (κ2) is 7.06. The predicted octanol–water partition coefficient (Wildman–Crippen LogP) is 2.74. The predicted molar refractivity (Wildman–Crippen MR) is 86.6 cm³/mol. The number of nitrogens with one attached hydrogen (secondary N) is 1. The first-order valence-electron chi connectivity index (χ1n) is 7.31. The van der Waals surface area contributed by atoms with Crippen molar-refractivity contribution >= 4 is 16.9 Å². The zero-order chi connectivity index (χ0) is 16.1. The normalized spacial score (nSPS) is 10.9. The van der Waals surface area contributed by atoms with E-state index < -0.39 is 0 Å². The Morgan fingerprint density at radius 2 is 2.04 bits per heavy atom. The molecule has 7 nitrogen and oxygen atoms in total. The summed E-state index contributed by atoms with van der Waals surface area (Å²) in [7, 11) is 3.31. The number of nitrogens with zero attached hydrogens (tertiary/aromatic N) is 3. The summed E-state index contributed by atoms with van der Waals surface area (Å²) in [5.74, 6) is 1.41. The molecule has 0 bridgehead atoms. The van der Waals surface area contributed by atoms with E-state index in [9.17, 15) is 0 Å². The van der Waals surface area contributed by atoms with Crippen LogP contribution in [0.4, 0.5) is 5.82 Å². The van der Waals surface area contributed by atoms with Crippen molar-refractivity contribution in [3.05, 3.63) is 30.6 Å². The maximum atomic E-state index is 5.41. The van der Waals surface area contributed by atoms with Gasteiger partial charge in [0.2, 0.25) is 0 Å². The Kier molecular flexibility index (Phi) is 4.68. The number of fused-ring (bicyclic) bond motifs is 1. The third-order valence-corrected chi connectivity index (χ3v) is 3.45. The average Bonchev–Trinajstić information content (AvgIpc) is 3.03. The van der Waals surface area contributed by atoms with Gasteiger partial charge in [-0.15, -0.1) is 0 Å². The summed E-state index contributed by atoms with van der Waals surface area (Å²) in [5, 5.41) is 8.19. The van der Waals surface area contributed by atoms with Gasteiger partial charge in [-0.2, -0.15) is 4.98 Å². The van der Waals surface area contributed by atoms with Crippen LogP contribution >= 0.6 is 0 Å². The van der Waals surface area contributed by atoms with Crippen molar-refractivity contribution in [2.75, 3.05) is 32.7 Å². The largest absolute Gasteiger partial charge is 0.496 e. The summed E-state index contributed by atoms with van der Waals surface area (Å²) in [6.07, 6.45) is 2.33. The highest BCUT2D eigenvalue weighted by Gasteiger charge is 2.19. The van der Waals surface area contributed by atoms with E-state index >= 15 is 0 Å². The van der Waals surface area contributed by atoms with E-state index in [4.69, 9.17) is 14.0 Å². The lowest BCUT2D eigenvalue weighted by Gasteiger charge is -2.08. The number of anilines is 1. The fourth-order valence-corrected chi connectivity index (χ4v) is 2.37. The minimum absolute atomic E-state index is 0.440. The topological polar surface area (TPSA) is 82.3 Å². The van der Waals surface area contributed by atoms with Crippen LogP contribution < -0.4 is 10.1 Å². The van der Waals surface area contributed by atoms with E-state index in [1.807, 2.05) is 24.3 Å². The van der Waals surface area contributed by atoms with E-state index in [2.05, 4.69) is 20.4 Å². The average molecular weight is 314 g/mol. The highest BCUT2D eigenvalue weighted by molar-refractivity contribution is 5.98. The SMILES string of the molecule is COCCCNc1ncnc2onc(-c3ccccc3OC)c12. The van der Waals surface area contributed by atoms with Crippen molar-refractivity contribution in [1.29, 1.82) is 0 Å². The standard InChI is InChI=1S/C16H18N4O3/c1-21-9-5-8-17-15-13-14(20-23-16(13)19-10-18-15)11-6-3-4-7-12(11)22-2/h3-4,6-7,10H,5,8-9H2,1-2H3,(H,17,18,19). The molecule has 0 saturated heterocycles. The molecule has 23 heavy (non-hydrogen) atoms. The van der Waals surface area contributed by atoms with Gasteiger partial charge in [-0.05, 0) is 18.6 Å². The molecule has 1 N–H and O–H groups in total. The quantitative estimate of drug-likeness (QED) is 0.671. The Bertz CT molecular complexity index is 788. The number of ether oxygens (including phenoxy) is 2. The molecule has 0 radical (unpaired) electrons. The third-order valence-electron chi connectivity index (χ3n) is 3.45. The first-order chi connectivity index (χ1) is 11.3. The van der Waals surface area contributed by atoms with Gasteiger partial charge in [0.05, 0.1) is 7.11 Å². The van der Waals surface area contributed by atoms with Gasteiger partial charge < -0.3 is 19.3 Å². The highest BCUT2D eigenvalue weighted by atomic mass is 16.5. The number of para-hydroxylation sites is 1. The summed E-state index contributed by atoms with van der Waals surface area (Å²) in [6, 6.07) is 7.64. The van der Waals surface area contributed by atoms with Crippen molar-refractivity contribution in [3.63, 3.8) is 0 Å². The van der Waals surface area contributed by atoms with Crippen molar-refractivity contribution in [2.45, 2.75) is 6.42 Å². The zero-order valence-electron chi connectivity index (χ0n) is 13.1. The Morgan fingerprint density at radius 1 is 1.17 bits per heavy atom. The molecule has 0 aliphatic rings. The van der Waals surface area contributed by atoms with Crippen molar-refractivity contribution in [1.82, 2.24) is 15.1 Å². The van der Waals surface area contributed by atoms with Crippen LogP contribution in [-0.2, 0) is 4.74 Å². The van der Waals surface area contributed by atoms with Crippen molar-refractivity contribution in [3.8, 4) is 17.0 Å². The number of methoxy groups -OCH3 is 2. The fourth-order valence-electron chi connectivity index (χ4n) is 2.37. The molecule has 0 aliphatic heterocycles. The Balaban J connectivity index is 2.01. The van der Waals surface area contributed by atoms with Crippen LogP contribution in [0.3, 0.4) is 0 Å². The summed E-state index contributed by atoms with van der Waals surface area (Å²) >= 11 is 0. The minimum Gasteiger partial charge on any atom is -0.496 e. The second-order valence-electron chi connectivity index (χ2n) is 4.91. The molecular weight excluding hydrogens is 296 g/mol. The minimum atomic E-state index is 0.440. The van der Waals surface area contributed by atoms with Gasteiger partial charge in [-0.25, -0.2) is 4.98 Å². The van der Waals surface area contributed by atoms with Crippen LogP contribution in [0.25, 0.3) is 22.4 Å². The molecule has 0 spiro atoms. The summed E-state index contributed by atoms with van der Waals surface area (Å²) in [5.41, 5.74) is 1.94. The lowest BCUT2D eigenvalue weighted by Crippen LogP contribution is -2.06. The molecule has 0 aliphatic carbocycles. The molecule has 0 atom stereocenters. The lowest BCUT2D eigenvalue weighted by atomic mass is 10.1. The maximum absolute atomic E-state index is 5.41. The van der Waals surface area contributed by atoms with Crippen LogP contribution in [0.1, 0.15) is 6.42 Å². The molecule has 3 aromatic rings. The third kappa shape index (κ3) is 3.09. The molecule has 0 amide bonds. The van der Waals surface area contributed by atoms with Gasteiger partial charge in [-0.3, -0.25) is 0 Å². The van der Waals surface area contributed by atoms with E-state index in [0.29, 0.717) is 23.8 Å². The van der Waals surface area contributed by atoms with Gasteiger partial charge in [0.15, 0.2) is 0 Å².